The van der Waals surface area contributed by atoms with Crippen LogP contribution in [0.4, 0.5) is 0 Å². The molecule has 0 aliphatic carbocycles. The maximum absolute atomic E-state index is 12.0. The number of carboxylic acid groups (broad SMARTS) is 2. The van der Waals surface area contributed by atoms with Gasteiger partial charge in [-0.15, -0.1) is 0 Å². The largest absolute Gasteiger partial charge is 0.550 e. The number of rotatable bonds is 15. The van der Waals surface area contributed by atoms with Gasteiger partial charge < -0.3 is 38.2 Å². The van der Waals surface area contributed by atoms with Gasteiger partial charge in [0.05, 0.1) is 42.3 Å². The van der Waals surface area contributed by atoms with Crippen LogP contribution in [0.5, 0.6) is 0 Å². The predicted octanol–water partition coefficient (Wildman–Crippen LogP) is -1.94. The Bertz CT molecular complexity index is 541. The second-order valence-electron chi connectivity index (χ2n) is 9.53. The highest BCUT2D eigenvalue weighted by Gasteiger charge is 2.24. The minimum atomic E-state index is -1.29. The zero-order valence-electron chi connectivity index (χ0n) is 19.0. The predicted molar refractivity (Wildman–Crippen MR) is 103 cm³/mol. The lowest BCUT2D eigenvalue weighted by molar-refractivity contribution is -0.873. The van der Waals surface area contributed by atoms with Gasteiger partial charge in [0, 0.05) is 37.6 Å². The lowest BCUT2D eigenvalue weighted by Crippen LogP contribution is -2.45. The van der Waals surface area contributed by atoms with Crippen LogP contribution in [0.3, 0.4) is 0 Å². The molecule has 0 saturated heterocycles. The van der Waals surface area contributed by atoms with Crippen LogP contribution in [0.2, 0.25) is 0 Å². The van der Waals surface area contributed by atoms with Crippen molar-refractivity contribution in [3.05, 3.63) is 0 Å². The molecule has 0 amide bonds. The molecule has 0 spiro atoms. The molecule has 0 aromatic heterocycles. The fourth-order valence-corrected chi connectivity index (χ4v) is 2.91. The van der Waals surface area contributed by atoms with E-state index < -0.39 is 36.1 Å². The minimum Gasteiger partial charge on any atom is -0.550 e. The molecule has 10 nitrogen and oxygen atoms in total. The Morgan fingerprint density at radius 1 is 0.667 bits per heavy atom. The van der Waals surface area contributed by atoms with Crippen LogP contribution in [0, 0.1) is 0 Å². The molecule has 0 rings (SSSR count). The highest BCUT2D eigenvalue weighted by atomic mass is 16.5. The van der Waals surface area contributed by atoms with Crippen LogP contribution >= 0.6 is 0 Å². The van der Waals surface area contributed by atoms with Gasteiger partial charge >= 0.3 is 11.9 Å². The molecule has 0 N–H and O–H groups in total. The summed E-state index contributed by atoms with van der Waals surface area (Å²) < 4.78 is 11.3. The van der Waals surface area contributed by atoms with E-state index in [0.717, 1.165) is 0 Å². The molecular weight excluding hydrogens is 396 g/mol. The Labute approximate surface area is 178 Å². The lowest BCUT2D eigenvalue weighted by atomic mass is 10.2. The van der Waals surface area contributed by atoms with Crippen LogP contribution in [-0.4, -0.2) is 100 Å². The van der Waals surface area contributed by atoms with Gasteiger partial charge in [0.15, 0.2) is 12.2 Å². The van der Waals surface area contributed by atoms with Crippen molar-refractivity contribution in [1.82, 2.24) is 0 Å². The molecule has 0 heterocycles. The maximum Gasteiger partial charge on any atom is 0.306 e. The third kappa shape index (κ3) is 16.7. The quantitative estimate of drug-likeness (QED) is 0.166. The zero-order chi connectivity index (χ0) is 23.5. The molecule has 2 atom stereocenters. The van der Waals surface area contributed by atoms with Crippen molar-refractivity contribution in [2.24, 2.45) is 0 Å². The normalized spacial score (nSPS) is 13.9. The molecule has 0 aromatic carbocycles. The number of carbonyl (C=O) groups is 4. The number of aliphatic carboxylic acids is 2. The summed E-state index contributed by atoms with van der Waals surface area (Å²) in [6.45, 7) is 0.663. The first-order chi connectivity index (χ1) is 13.6. The van der Waals surface area contributed by atoms with Crippen molar-refractivity contribution < 1.29 is 47.8 Å². The molecule has 30 heavy (non-hydrogen) atoms. The molecule has 0 saturated carbocycles. The topological polar surface area (TPSA) is 133 Å². The Hall–Kier alpha value is -2.20. The van der Waals surface area contributed by atoms with Gasteiger partial charge in [-0.25, -0.2) is 0 Å². The molecule has 2 unspecified atom stereocenters. The third-order valence-electron chi connectivity index (χ3n) is 3.90. The van der Waals surface area contributed by atoms with Gasteiger partial charge in [-0.05, 0) is 12.8 Å². The molecule has 0 bridgehead atoms. The number of esters is 2. The van der Waals surface area contributed by atoms with E-state index in [9.17, 15) is 29.4 Å². The Morgan fingerprint density at radius 2 is 0.967 bits per heavy atom. The maximum atomic E-state index is 12.0. The highest BCUT2D eigenvalue weighted by molar-refractivity contribution is 5.72. The monoisotopic (exact) mass is 432 g/mol. The van der Waals surface area contributed by atoms with Gasteiger partial charge in [-0.2, -0.15) is 0 Å². The first-order valence-electron chi connectivity index (χ1n) is 9.97. The van der Waals surface area contributed by atoms with Gasteiger partial charge in [0.1, 0.15) is 13.1 Å². The number of unbranched alkanes of at least 4 members (excludes halogenated alkanes) is 1. The van der Waals surface area contributed by atoms with E-state index in [0.29, 0.717) is 34.9 Å². The average Bonchev–Trinajstić information content (AvgIpc) is 2.46. The summed E-state index contributed by atoms with van der Waals surface area (Å²) in [4.78, 5) is 45.7. The van der Waals surface area contributed by atoms with Crippen LogP contribution < -0.4 is 10.2 Å². The molecule has 0 fully saturated rings. The second-order valence-corrected chi connectivity index (χ2v) is 9.53. The highest BCUT2D eigenvalue weighted by Crippen LogP contribution is 2.11. The van der Waals surface area contributed by atoms with E-state index in [-0.39, 0.29) is 25.7 Å². The van der Waals surface area contributed by atoms with Crippen molar-refractivity contribution >= 4 is 23.9 Å². The van der Waals surface area contributed by atoms with Crippen molar-refractivity contribution in [2.75, 3.05) is 55.4 Å². The molecule has 0 aromatic rings. The zero-order valence-corrected chi connectivity index (χ0v) is 19.0. The minimum absolute atomic E-state index is 0.0370. The van der Waals surface area contributed by atoms with Crippen molar-refractivity contribution in [3.8, 4) is 0 Å². The smallest absolute Gasteiger partial charge is 0.306 e. The SMILES string of the molecule is C[N+](C)(C)CC(CC(=O)[O-])OC(=O)CCCCC(=O)OC(CC(=O)[O-])C[N+](C)(C)C. The van der Waals surface area contributed by atoms with E-state index in [2.05, 4.69) is 0 Å². The van der Waals surface area contributed by atoms with Gasteiger partial charge in [0.25, 0.3) is 0 Å². The number of carbonyl (C=O) groups excluding carboxylic acids is 4. The number of ether oxygens (including phenoxy) is 2. The number of nitrogens with zero attached hydrogens (tertiary/aromatic N) is 2. The number of quaternary nitrogens is 2. The summed E-state index contributed by atoms with van der Waals surface area (Å²) in [5.74, 6) is -3.65. The first kappa shape index (κ1) is 27.8. The van der Waals surface area contributed by atoms with Crippen molar-refractivity contribution in [3.63, 3.8) is 0 Å². The van der Waals surface area contributed by atoms with E-state index in [1.807, 2.05) is 42.3 Å². The summed E-state index contributed by atoms with van der Waals surface area (Å²) in [6.07, 6.45) is -1.53. The molecule has 0 aliphatic rings. The number of hydrogen-bond donors (Lipinski definition) is 0. The summed E-state index contributed by atoms with van der Waals surface area (Å²) >= 11 is 0. The molecule has 10 heteroatoms. The Kier molecular flexibility index (Phi) is 11.6. The molecule has 174 valence electrons. The van der Waals surface area contributed by atoms with Gasteiger partial charge in [0.2, 0.25) is 0 Å². The van der Waals surface area contributed by atoms with Crippen LogP contribution in [0.15, 0.2) is 0 Å². The Morgan fingerprint density at radius 3 is 1.20 bits per heavy atom. The summed E-state index contributed by atoms with van der Waals surface area (Å²) in [5, 5.41) is 21.7. The summed E-state index contributed by atoms with van der Waals surface area (Å²) in [7, 11) is 11.1. The first-order valence-corrected chi connectivity index (χ1v) is 9.97. The van der Waals surface area contributed by atoms with E-state index >= 15 is 0 Å². The molecular formula is C20H36N2O8. The van der Waals surface area contributed by atoms with Crippen LogP contribution in [-0.2, 0) is 28.7 Å². The fraction of sp³-hybridized carbons (Fsp3) is 0.800. The van der Waals surface area contributed by atoms with Gasteiger partial charge in [-0.1, -0.05) is 0 Å². The standard InChI is InChI=1S/C20H36N2O8/c1-21(2,3)13-15(11-17(23)24)29-19(27)9-7-8-10-20(28)30-16(12-18(25)26)14-22(4,5)6/h15-16H,7-14H2,1-6H3. The molecule has 0 aliphatic heterocycles. The van der Waals surface area contributed by atoms with Crippen molar-refractivity contribution in [2.45, 2.75) is 50.7 Å². The number of likely N-dealkylation sites (N-methyl/N-ethyl adjacent to an activating group) is 2. The van der Waals surface area contributed by atoms with E-state index in [1.165, 1.54) is 0 Å². The number of hydrogen-bond acceptors (Lipinski definition) is 8. The summed E-state index contributed by atoms with van der Waals surface area (Å²) in [5.41, 5.74) is 0. The van der Waals surface area contributed by atoms with Crippen LogP contribution in [0.25, 0.3) is 0 Å². The average molecular weight is 433 g/mol. The van der Waals surface area contributed by atoms with E-state index in [4.69, 9.17) is 9.47 Å². The van der Waals surface area contributed by atoms with E-state index in [1.54, 1.807) is 0 Å². The van der Waals surface area contributed by atoms with Gasteiger partial charge in [-0.3, -0.25) is 9.59 Å². The van der Waals surface area contributed by atoms with Crippen molar-refractivity contribution in [1.29, 1.82) is 0 Å². The second kappa shape index (κ2) is 12.5. The number of carboxylic acids is 2. The lowest BCUT2D eigenvalue weighted by Gasteiger charge is -2.29. The molecule has 0 radical (unpaired) electrons. The fourth-order valence-electron chi connectivity index (χ4n) is 2.91. The third-order valence-corrected chi connectivity index (χ3v) is 3.90. The van der Waals surface area contributed by atoms with Crippen LogP contribution in [0.1, 0.15) is 38.5 Å². The Balaban J connectivity index is 4.40. The summed E-state index contributed by atoms with van der Waals surface area (Å²) in [6, 6.07) is 0.